The quantitative estimate of drug-likeness (QED) is 0.845. The van der Waals surface area contributed by atoms with Gasteiger partial charge in [-0.2, -0.15) is 0 Å². The molecule has 0 aromatic heterocycles. The molecule has 0 spiro atoms. The van der Waals surface area contributed by atoms with Crippen LogP contribution >= 0.6 is 0 Å². The predicted octanol–water partition coefficient (Wildman–Crippen LogP) is 3.31. The molecular formula is C17H19NO3. The van der Waals surface area contributed by atoms with Crippen molar-refractivity contribution in [1.29, 1.82) is 0 Å². The minimum absolute atomic E-state index is 0.625. The number of hydrogen-bond donors (Lipinski definition) is 2. The first-order valence-corrected chi connectivity index (χ1v) is 6.64. The Kier molecular flexibility index (Phi) is 3.89. The third kappa shape index (κ3) is 2.84. The maximum Gasteiger partial charge on any atom is 0.313 e. The lowest BCUT2D eigenvalue weighted by Gasteiger charge is -2.20. The maximum absolute atomic E-state index is 11.3. The predicted molar refractivity (Wildman–Crippen MR) is 83.5 cm³/mol. The Morgan fingerprint density at radius 1 is 1.14 bits per heavy atom. The molecule has 0 aliphatic rings. The van der Waals surface area contributed by atoms with Gasteiger partial charge in [-0.1, -0.05) is 24.3 Å². The van der Waals surface area contributed by atoms with E-state index in [4.69, 9.17) is 10.5 Å². The summed E-state index contributed by atoms with van der Waals surface area (Å²) in [5, 5.41) is 9.25. The van der Waals surface area contributed by atoms with Gasteiger partial charge in [-0.05, 0) is 37.1 Å². The largest absolute Gasteiger partial charge is 0.497 e. The van der Waals surface area contributed by atoms with Crippen LogP contribution in [0.4, 0.5) is 5.69 Å². The van der Waals surface area contributed by atoms with Gasteiger partial charge >= 0.3 is 5.97 Å². The molecule has 0 radical (unpaired) electrons. The third-order valence-electron chi connectivity index (χ3n) is 3.71. The summed E-state index contributed by atoms with van der Waals surface area (Å²) in [6.45, 7) is 3.37. The molecule has 0 fully saturated rings. The Balaban J connectivity index is 2.38. The molecule has 0 saturated carbocycles. The Morgan fingerprint density at radius 2 is 1.76 bits per heavy atom. The number of benzene rings is 2. The minimum atomic E-state index is -0.913. The van der Waals surface area contributed by atoms with Crippen LogP contribution in [-0.2, 0) is 10.2 Å². The number of carboxylic acids is 1. The smallest absolute Gasteiger partial charge is 0.313 e. The summed E-state index contributed by atoms with van der Waals surface area (Å²) in [7, 11) is 1.59. The molecular weight excluding hydrogens is 266 g/mol. The zero-order valence-electron chi connectivity index (χ0n) is 12.4. The van der Waals surface area contributed by atoms with Gasteiger partial charge in [0.1, 0.15) is 5.75 Å². The van der Waals surface area contributed by atoms with Gasteiger partial charge in [0.05, 0.1) is 12.5 Å². The second-order valence-corrected chi connectivity index (χ2v) is 5.46. The van der Waals surface area contributed by atoms with Crippen LogP contribution in [0.15, 0.2) is 42.5 Å². The summed E-state index contributed by atoms with van der Waals surface area (Å²) in [4.78, 5) is 11.3. The summed E-state index contributed by atoms with van der Waals surface area (Å²) in [6.07, 6.45) is 0. The number of anilines is 1. The number of carbonyl (C=O) groups is 1. The van der Waals surface area contributed by atoms with E-state index >= 15 is 0 Å². The van der Waals surface area contributed by atoms with E-state index in [1.54, 1.807) is 27.0 Å². The SMILES string of the molecule is COc1ccc(-c2ccc(C(C)(C)C(=O)O)cc2)c(N)c1. The van der Waals surface area contributed by atoms with Crippen LogP contribution in [0.5, 0.6) is 5.75 Å². The number of nitrogen functional groups attached to an aromatic ring is 1. The van der Waals surface area contributed by atoms with Gasteiger partial charge in [0.25, 0.3) is 0 Å². The monoisotopic (exact) mass is 285 g/mol. The second-order valence-electron chi connectivity index (χ2n) is 5.46. The molecule has 0 aliphatic carbocycles. The molecule has 4 nitrogen and oxygen atoms in total. The van der Waals surface area contributed by atoms with Crippen molar-refractivity contribution < 1.29 is 14.6 Å². The van der Waals surface area contributed by atoms with Crippen LogP contribution in [0.1, 0.15) is 19.4 Å². The highest BCUT2D eigenvalue weighted by Gasteiger charge is 2.29. The highest BCUT2D eigenvalue weighted by molar-refractivity contribution is 5.81. The van der Waals surface area contributed by atoms with Crippen molar-refractivity contribution in [2.45, 2.75) is 19.3 Å². The Morgan fingerprint density at radius 3 is 2.24 bits per heavy atom. The fraction of sp³-hybridized carbons (Fsp3) is 0.235. The van der Waals surface area contributed by atoms with Crippen molar-refractivity contribution in [2.24, 2.45) is 0 Å². The van der Waals surface area contributed by atoms with Crippen LogP contribution in [0.3, 0.4) is 0 Å². The Labute approximate surface area is 124 Å². The number of nitrogens with two attached hydrogens (primary N) is 1. The zero-order valence-corrected chi connectivity index (χ0v) is 12.4. The molecule has 0 bridgehead atoms. The minimum Gasteiger partial charge on any atom is -0.497 e. The molecule has 0 heterocycles. The topological polar surface area (TPSA) is 72.5 Å². The first-order chi connectivity index (χ1) is 9.86. The van der Waals surface area contributed by atoms with Crippen LogP contribution in [0.25, 0.3) is 11.1 Å². The van der Waals surface area contributed by atoms with Crippen molar-refractivity contribution in [3.63, 3.8) is 0 Å². The summed E-state index contributed by atoms with van der Waals surface area (Å²) < 4.78 is 5.13. The number of carboxylic acid groups (broad SMARTS) is 1. The molecule has 3 N–H and O–H groups in total. The van der Waals surface area contributed by atoms with Gasteiger partial charge in [0, 0.05) is 17.3 Å². The van der Waals surface area contributed by atoms with Gasteiger partial charge in [0.2, 0.25) is 0 Å². The molecule has 0 amide bonds. The highest BCUT2D eigenvalue weighted by atomic mass is 16.5. The maximum atomic E-state index is 11.3. The fourth-order valence-electron chi connectivity index (χ4n) is 2.12. The van der Waals surface area contributed by atoms with Crippen LogP contribution in [0, 0.1) is 0 Å². The van der Waals surface area contributed by atoms with E-state index in [9.17, 15) is 9.90 Å². The number of hydrogen-bond acceptors (Lipinski definition) is 3. The van der Waals surface area contributed by atoms with Crippen molar-refractivity contribution in [3.8, 4) is 16.9 Å². The van der Waals surface area contributed by atoms with Gasteiger partial charge < -0.3 is 15.6 Å². The third-order valence-corrected chi connectivity index (χ3v) is 3.71. The van der Waals surface area contributed by atoms with E-state index in [0.29, 0.717) is 11.4 Å². The van der Waals surface area contributed by atoms with E-state index in [0.717, 1.165) is 16.7 Å². The van der Waals surface area contributed by atoms with E-state index in [1.165, 1.54) is 0 Å². The molecule has 2 aromatic rings. The second kappa shape index (κ2) is 5.48. The van der Waals surface area contributed by atoms with Gasteiger partial charge in [-0.25, -0.2) is 0 Å². The summed E-state index contributed by atoms with van der Waals surface area (Å²) in [5.41, 5.74) is 8.34. The van der Waals surface area contributed by atoms with Crippen LogP contribution in [0.2, 0.25) is 0 Å². The highest BCUT2D eigenvalue weighted by Crippen LogP contribution is 2.31. The average Bonchev–Trinajstić information content (AvgIpc) is 2.47. The van der Waals surface area contributed by atoms with Crippen molar-refractivity contribution >= 4 is 11.7 Å². The van der Waals surface area contributed by atoms with E-state index in [1.807, 2.05) is 36.4 Å². The normalized spacial score (nSPS) is 11.2. The lowest BCUT2D eigenvalue weighted by Crippen LogP contribution is -2.28. The van der Waals surface area contributed by atoms with E-state index in [2.05, 4.69) is 0 Å². The Bertz CT molecular complexity index is 660. The molecule has 2 aromatic carbocycles. The Hall–Kier alpha value is -2.49. The number of ether oxygens (including phenoxy) is 1. The molecule has 0 unspecified atom stereocenters. The number of methoxy groups -OCH3 is 1. The zero-order chi connectivity index (χ0) is 15.6. The lowest BCUT2D eigenvalue weighted by molar-refractivity contribution is -0.142. The molecule has 0 atom stereocenters. The van der Waals surface area contributed by atoms with E-state index in [-0.39, 0.29) is 0 Å². The summed E-state index contributed by atoms with van der Waals surface area (Å²) in [5.74, 6) is -0.140. The van der Waals surface area contributed by atoms with Crippen LogP contribution < -0.4 is 10.5 Å². The molecule has 0 aliphatic heterocycles. The van der Waals surface area contributed by atoms with Crippen molar-refractivity contribution in [2.75, 3.05) is 12.8 Å². The summed E-state index contributed by atoms with van der Waals surface area (Å²) in [6, 6.07) is 12.9. The standard InChI is InChI=1S/C17H19NO3/c1-17(2,16(19)20)12-6-4-11(5-7-12)14-9-8-13(21-3)10-15(14)18/h4-10H,18H2,1-3H3,(H,19,20). The molecule has 0 saturated heterocycles. The van der Waals surface area contributed by atoms with Crippen molar-refractivity contribution in [1.82, 2.24) is 0 Å². The molecule has 2 rings (SSSR count). The van der Waals surface area contributed by atoms with Gasteiger partial charge in [-0.15, -0.1) is 0 Å². The van der Waals surface area contributed by atoms with Crippen LogP contribution in [-0.4, -0.2) is 18.2 Å². The molecule has 4 heteroatoms. The number of aliphatic carboxylic acids is 1. The lowest BCUT2D eigenvalue weighted by atomic mass is 9.84. The van der Waals surface area contributed by atoms with Gasteiger partial charge in [0.15, 0.2) is 0 Å². The van der Waals surface area contributed by atoms with Gasteiger partial charge in [-0.3, -0.25) is 4.79 Å². The number of rotatable bonds is 4. The molecule has 110 valence electrons. The van der Waals surface area contributed by atoms with Crippen molar-refractivity contribution in [3.05, 3.63) is 48.0 Å². The average molecular weight is 285 g/mol. The summed E-state index contributed by atoms with van der Waals surface area (Å²) >= 11 is 0. The van der Waals surface area contributed by atoms with E-state index < -0.39 is 11.4 Å². The molecule has 21 heavy (non-hydrogen) atoms. The first-order valence-electron chi connectivity index (χ1n) is 6.64. The fourth-order valence-corrected chi connectivity index (χ4v) is 2.12. The first kappa shape index (κ1) is 14.9.